The molecule has 0 radical (unpaired) electrons. The van der Waals surface area contributed by atoms with Gasteiger partial charge in [-0.3, -0.25) is 0 Å². The standard InChI is InChI=1S/C39H25N3Te/c1-4-12-26(13-5-1)34-24-30(21-22-31(34)29-20-23-33-32-18-10-11-19-35(32)43-36(33)25-29)39-41-37(27-14-6-2-7-15-27)40-38(42-39)28-16-8-3-9-17-28/h1-25H. The van der Waals surface area contributed by atoms with Crippen molar-refractivity contribution in [3.63, 3.8) is 0 Å². The third-order valence-corrected chi connectivity index (χ3v) is 11.0. The SMILES string of the molecule is c1ccc(-c2nc(-c3ccccc3)nc(-c3ccc(-c4ccc5c(c4)[te]c4ccccc45)c(-c4ccccc4)c3)n2)cc1. The zero-order chi connectivity index (χ0) is 28.6. The maximum absolute atomic E-state index is 4.99. The second kappa shape index (κ2) is 11.1. The van der Waals surface area contributed by atoms with Gasteiger partial charge in [-0.25, -0.2) is 0 Å². The molecule has 0 atom stereocenters. The van der Waals surface area contributed by atoms with Crippen LogP contribution in [0.3, 0.4) is 0 Å². The molecular weight excluding hydrogens is 638 g/mol. The molecule has 0 bridgehead atoms. The number of hydrogen-bond donors (Lipinski definition) is 0. The van der Waals surface area contributed by atoms with E-state index in [-0.39, 0.29) is 0 Å². The summed E-state index contributed by atoms with van der Waals surface area (Å²) in [6.07, 6.45) is 0. The quantitative estimate of drug-likeness (QED) is 0.172. The number of fused-ring (bicyclic) bond motifs is 3. The molecule has 6 aromatic carbocycles. The van der Waals surface area contributed by atoms with Crippen LogP contribution in [0.1, 0.15) is 0 Å². The molecule has 0 fully saturated rings. The van der Waals surface area contributed by atoms with Gasteiger partial charge in [0.05, 0.1) is 0 Å². The second-order valence-electron chi connectivity index (χ2n) is 10.5. The van der Waals surface area contributed by atoms with Gasteiger partial charge in [-0.2, -0.15) is 0 Å². The van der Waals surface area contributed by atoms with Gasteiger partial charge in [0.1, 0.15) is 0 Å². The Morgan fingerprint density at radius 1 is 0.326 bits per heavy atom. The van der Waals surface area contributed by atoms with Crippen molar-refractivity contribution in [2.24, 2.45) is 0 Å². The Morgan fingerprint density at radius 2 is 0.837 bits per heavy atom. The molecule has 3 nitrogen and oxygen atoms in total. The fourth-order valence-electron chi connectivity index (χ4n) is 5.62. The van der Waals surface area contributed by atoms with Gasteiger partial charge in [0, 0.05) is 0 Å². The van der Waals surface area contributed by atoms with Crippen LogP contribution in [0, 0.1) is 0 Å². The van der Waals surface area contributed by atoms with Gasteiger partial charge in [0.15, 0.2) is 0 Å². The molecule has 2 heterocycles. The van der Waals surface area contributed by atoms with Gasteiger partial charge < -0.3 is 0 Å². The first-order chi connectivity index (χ1) is 21.3. The molecule has 0 aliphatic carbocycles. The van der Waals surface area contributed by atoms with E-state index in [2.05, 4.69) is 91.0 Å². The van der Waals surface area contributed by atoms with E-state index in [4.69, 9.17) is 15.0 Å². The van der Waals surface area contributed by atoms with E-state index in [0.717, 1.165) is 22.3 Å². The molecule has 4 heteroatoms. The second-order valence-corrected chi connectivity index (χ2v) is 13.6. The summed E-state index contributed by atoms with van der Waals surface area (Å²) in [6, 6.07) is 53.4. The summed E-state index contributed by atoms with van der Waals surface area (Å²) >= 11 is -0.405. The number of benzene rings is 6. The molecule has 0 aliphatic heterocycles. The van der Waals surface area contributed by atoms with Crippen LogP contribution in [0.5, 0.6) is 0 Å². The van der Waals surface area contributed by atoms with Gasteiger partial charge in [0.25, 0.3) is 0 Å². The van der Waals surface area contributed by atoms with Crippen molar-refractivity contribution < 1.29 is 0 Å². The number of rotatable bonds is 5. The Morgan fingerprint density at radius 3 is 1.49 bits per heavy atom. The Bertz CT molecular complexity index is 2170. The molecule has 43 heavy (non-hydrogen) atoms. The fraction of sp³-hybridized carbons (Fsp3) is 0. The molecule has 0 saturated heterocycles. The molecule has 0 spiro atoms. The van der Waals surface area contributed by atoms with Crippen molar-refractivity contribution in [2.45, 2.75) is 0 Å². The first-order valence-electron chi connectivity index (χ1n) is 14.3. The molecule has 2 aromatic heterocycles. The zero-order valence-electron chi connectivity index (χ0n) is 23.2. The summed E-state index contributed by atoms with van der Waals surface area (Å²) in [5, 5.41) is 2.80. The summed E-state index contributed by atoms with van der Waals surface area (Å²) in [7, 11) is 0. The molecule has 8 aromatic rings. The van der Waals surface area contributed by atoms with Crippen molar-refractivity contribution in [2.75, 3.05) is 0 Å². The van der Waals surface area contributed by atoms with Crippen LogP contribution in [0.15, 0.2) is 152 Å². The maximum atomic E-state index is 4.99. The zero-order valence-corrected chi connectivity index (χ0v) is 25.5. The van der Waals surface area contributed by atoms with Crippen LogP contribution < -0.4 is 0 Å². The van der Waals surface area contributed by atoms with Gasteiger partial charge in [-0.1, -0.05) is 36.4 Å². The van der Waals surface area contributed by atoms with Crippen LogP contribution in [0.4, 0.5) is 0 Å². The van der Waals surface area contributed by atoms with Crippen molar-refractivity contribution >= 4 is 38.0 Å². The van der Waals surface area contributed by atoms with E-state index in [9.17, 15) is 0 Å². The Labute approximate surface area is 259 Å². The third kappa shape index (κ3) is 4.96. The molecule has 0 aliphatic rings. The molecule has 0 unspecified atom stereocenters. The van der Waals surface area contributed by atoms with Crippen LogP contribution in [-0.2, 0) is 0 Å². The number of hydrogen-bond acceptors (Lipinski definition) is 3. The van der Waals surface area contributed by atoms with Gasteiger partial charge in [-0.05, 0) is 0 Å². The van der Waals surface area contributed by atoms with E-state index in [1.165, 1.54) is 34.3 Å². The predicted molar refractivity (Wildman–Crippen MR) is 179 cm³/mol. The van der Waals surface area contributed by atoms with Gasteiger partial charge >= 0.3 is 225 Å². The molecular formula is C39H25N3Te. The van der Waals surface area contributed by atoms with Crippen LogP contribution >= 0.6 is 0 Å². The van der Waals surface area contributed by atoms with E-state index < -0.39 is 20.4 Å². The van der Waals surface area contributed by atoms with Gasteiger partial charge in [-0.15, -0.1) is 0 Å². The topological polar surface area (TPSA) is 38.7 Å². The molecule has 8 rings (SSSR count). The Balaban J connectivity index is 1.31. The third-order valence-electron chi connectivity index (χ3n) is 7.75. The van der Waals surface area contributed by atoms with Crippen LogP contribution in [0.2, 0.25) is 0 Å². The summed E-state index contributed by atoms with van der Waals surface area (Å²) < 4.78 is 3.03. The summed E-state index contributed by atoms with van der Waals surface area (Å²) in [4.78, 5) is 14.9. The van der Waals surface area contributed by atoms with Crippen LogP contribution in [-0.4, -0.2) is 35.4 Å². The molecule has 0 N–H and O–H groups in total. The molecule has 0 saturated carbocycles. The Kier molecular flexibility index (Phi) is 6.65. The first kappa shape index (κ1) is 25.8. The van der Waals surface area contributed by atoms with E-state index in [1.54, 1.807) is 0 Å². The average molecular weight is 663 g/mol. The minimum atomic E-state index is -0.405. The normalized spacial score (nSPS) is 11.3. The monoisotopic (exact) mass is 665 g/mol. The van der Waals surface area contributed by atoms with Crippen molar-refractivity contribution in [3.05, 3.63) is 152 Å². The van der Waals surface area contributed by atoms with Crippen LogP contribution in [0.25, 0.3) is 74.0 Å². The van der Waals surface area contributed by atoms with E-state index in [0.29, 0.717) is 17.5 Å². The minimum Gasteiger partial charge on any atom is -0.0615 e. The average Bonchev–Trinajstić information content (AvgIpc) is 3.47. The van der Waals surface area contributed by atoms with E-state index in [1.807, 2.05) is 60.7 Å². The minimum absolute atomic E-state index is 0.405. The molecule has 0 amide bonds. The van der Waals surface area contributed by atoms with E-state index >= 15 is 0 Å². The summed E-state index contributed by atoms with van der Waals surface area (Å²) in [6.45, 7) is 0. The summed E-state index contributed by atoms with van der Waals surface area (Å²) in [5.41, 5.74) is 7.67. The first-order valence-corrected chi connectivity index (χ1v) is 16.6. The fourth-order valence-corrected chi connectivity index (χ4v) is 8.89. The van der Waals surface area contributed by atoms with Crippen molar-refractivity contribution in [1.82, 2.24) is 15.0 Å². The van der Waals surface area contributed by atoms with Gasteiger partial charge in [0.2, 0.25) is 0 Å². The smallest absolute Gasteiger partial charge is 0.0615 e. The molecule has 202 valence electrons. The van der Waals surface area contributed by atoms with Crippen molar-refractivity contribution in [1.29, 1.82) is 0 Å². The predicted octanol–water partition coefficient (Wildman–Crippen LogP) is 9.57. The summed E-state index contributed by atoms with van der Waals surface area (Å²) in [5.74, 6) is 1.99. The number of aromatic nitrogens is 3. The number of nitrogens with zero attached hydrogens (tertiary/aromatic N) is 3. The Hall–Kier alpha value is -4.88. The van der Waals surface area contributed by atoms with Crippen molar-refractivity contribution in [3.8, 4) is 56.4 Å².